The van der Waals surface area contributed by atoms with Crippen molar-refractivity contribution in [3.63, 3.8) is 0 Å². The van der Waals surface area contributed by atoms with Crippen molar-refractivity contribution in [3.8, 4) is 11.5 Å². The van der Waals surface area contributed by atoms with Gasteiger partial charge in [0.05, 0.1) is 15.8 Å². The fraction of sp³-hybridized carbons (Fsp3) is 0.333. The number of nitrogens with one attached hydrogen (secondary N) is 1. The molecule has 0 spiro atoms. The lowest BCUT2D eigenvalue weighted by Gasteiger charge is -2.20. The predicted molar refractivity (Wildman–Crippen MR) is 161 cm³/mol. The molecule has 0 bridgehead atoms. The maximum Gasteiger partial charge on any atom is 0.339 e. The second kappa shape index (κ2) is 11.4. The number of amidine groups is 2. The minimum atomic E-state index is -4.11. The van der Waals surface area contributed by atoms with Crippen LogP contribution in [0.25, 0.3) is 6.08 Å². The molecular weight excluding hydrogens is 651 g/mol. The number of carbonyl (C=O) groups excluding carboxylic acids is 1. The molecule has 1 amide bonds. The van der Waals surface area contributed by atoms with Gasteiger partial charge in [0.15, 0.2) is 17.3 Å². The van der Waals surface area contributed by atoms with Crippen LogP contribution in [0.1, 0.15) is 50.2 Å². The number of nitrogens with zero attached hydrogens (tertiary/aromatic N) is 3. The molecule has 2 aromatic carbocycles. The van der Waals surface area contributed by atoms with E-state index in [9.17, 15) is 13.2 Å². The van der Waals surface area contributed by atoms with Crippen molar-refractivity contribution < 1.29 is 22.1 Å². The molecule has 2 aliphatic heterocycles. The standard InChI is InChI=1S/C27H27IN4O5S2/c1-3-36-22-15-17(14-21(28)23(22)37-39(34,35)19-11-9-16(2)10-12-19)13-20-24(29)32-27(30-25(20)33)38-26(31-32)18-7-5-4-6-8-18/h9-15,18,29H,3-8H2,1-2H3/b20-13-,29-24?. The molecule has 2 heterocycles. The Morgan fingerprint density at radius 2 is 1.90 bits per heavy atom. The van der Waals surface area contributed by atoms with Gasteiger partial charge in [-0.05, 0) is 96.9 Å². The first-order chi connectivity index (χ1) is 18.7. The van der Waals surface area contributed by atoms with E-state index in [-0.39, 0.29) is 34.4 Å². The van der Waals surface area contributed by atoms with Crippen LogP contribution < -0.4 is 8.92 Å². The van der Waals surface area contributed by atoms with Gasteiger partial charge in [0.25, 0.3) is 5.91 Å². The van der Waals surface area contributed by atoms with Gasteiger partial charge in [-0.1, -0.05) is 37.0 Å². The Bertz CT molecular complexity index is 1530. The van der Waals surface area contributed by atoms with Gasteiger partial charge >= 0.3 is 10.1 Å². The van der Waals surface area contributed by atoms with Gasteiger partial charge in [0, 0.05) is 5.92 Å². The van der Waals surface area contributed by atoms with Crippen LogP contribution in [0.4, 0.5) is 0 Å². The number of aryl methyl sites for hydroxylation is 1. The number of hydrogen-bond donors (Lipinski definition) is 1. The lowest BCUT2D eigenvalue weighted by Crippen LogP contribution is -2.35. The highest BCUT2D eigenvalue weighted by molar-refractivity contribution is 14.1. The van der Waals surface area contributed by atoms with Crippen LogP contribution in [-0.2, 0) is 14.9 Å². The molecular formula is C27H27IN4O5S2. The summed E-state index contributed by atoms with van der Waals surface area (Å²) in [4.78, 5) is 17.2. The zero-order valence-electron chi connectivity index (χ0n) is 21.4. The number of thioether (sulfide) groups is 1. The minimum Gasteiger partial charge on any atom is -0.490 e. The van der Waals surface area contributed by atoms with Crippen LogP contribution in [0.3, 0.4) is 0 Å². The zero-order chi connectivity index (χ0) is 27.7. The molecule has 1 aliphatic carbocycles. The Balaban J connectivity index is 1.44. The Labute approximate surface area is 245 Å². The third-order valence-electron chi connectivity index (χ3n) is 6.57. The summed E-state index contributed by atoms with van der Waals surface area (Å²) < 4.78 is 37.6. The van der Waals surface area contributed by atoms with E-state index < -0.39 is 16.0 Å². The molecule has 204 valence electrons. The molecule has 1 saturated carbocycles. The molecule has 3 aliphatic rings. The van der Waals surface area contributed by atoms with Crippen LogP contribution in [0, 0.1) is 21.8 Å². The number of ether oxygens (including phenoxy) is 1. The Morgan fingerprint density at radius 3 is 2.59 bits per heavy atom. The summed E-state index contributed by atoms with van der Waals surface area (Å²) in [6.07, 6.45) is 7.21. The number of hydrazone groups is 1. The SMILES string of the molecule is CCOc1cc(/C=C2/C(=N)N3N=C(C4CCCCC4)SC3=NC2=O)cc(I)c1OS(=O)(=O)c1ccc(C)cc1. The normalized spacial score (nSPS) is 19.2. The maximum atomic E-state index is 13.0. The highest BCUT2D eigenvalue weighted by Crippen LogP contribution is 2.39. The van der Waals surface area contributed by atoms with Gasteiger partial charge in [-0.15, -0.1) is 0 Å². The first-order valence-electron chi connectivity index (χ1n) is 12.6. The summed E-state index contributed by atoms with van der Waals surface area (Å²) in [5.74, 6) is 0.0440. The van der Waals surface area contributed by atoms with Gasteiger partial charge < -0.3 is 8.92 Å². The molecule has 1 fully saturated rings. The summed E-state index contributed by atoms with van der Waals surface area (Å²) in [6, 6.07) is 9.64. The highest BCUT2D eigenvalue weighted by Gasteiger charge is 2.38. The van der Waals surface area contributed by atoms with Crippen molar-refractivity contribution in [3.05, 3.63) is 56.7 Å². The van der Waals surface area contributed by atoms with E-state index in [1.807, 2.05) is 29.5 Å². The van der Waals surface area contributed by atoms with E-state index in [1.165, 1.54) is 35.3 Å². The fourth-order valence-corrected chi connectivity index (χ4v) is 7.47. The van der Waals surface area contributed by atoms with E-state index in [0.717, 1.165) is 36.3 Å². The monoisotopic (exact) mass is 678 g/mol. The van der Waals surface area contributed by atoms with Crippen LogP contribution >= 0.6 is 34.4 Å². The summed E-state index contributed by atoms with van der Waals surface area (Å²) in [7, 11) is -4.11. The van der Waals surface area contributed by atoms with E-state index in [1.54, 1.807) is 37.3 Å². The van der Waals surface area contributed by atoms with Crippen molar-refractivity contribution in [1.82, 2.24) is 5.01 Å². The largest absolute Gasteiger partial charge is 0.490 e. The molecule has 0 radical (unpaired) electrons. The molecule has 2 aromatic rings. The number of hydrogen-bond acceptors (Lipinski definition) is 8. The average molecular weight is 679 g/mol. The van der Waals surface area contributed by atoms with Gasteiger partial charge in [-0.2, -0.15) is 23.5 Å². The quantitative estimate of drug-likeness (QED) is 0.218. The number of rotatable bonds is 7. The van der Waals surface area contributed by atoms with Gasteiger partial charge in [-0.25, -0.2) is 0 Å². The summed E-state index contributed by atoms with van der Waals surface area (Å²) >= 11 is 3.35. The third-order valence-corrected chi connectivity index (χ3v) is 9.68. The van der Waals surface area contributed by atoms with Crippen molar-refractivity contribution >= 4 is 72.5 Å². The molecule has 9 nitrogen and oxygen atoms in total. The van der Waals surface area contributed by atoms with Gasteiger partial charge in [-0.3, -0.25) is 10.2 Å². The van der Waals surface area contributed by atoms with Crippen LogP contribution in [0.15, 0.2) is 57.0 Å². The number of amides is 1. The summed E-state index contributed by atoms with van der Waals surface area (Å²) in [5.41, 5.74) is 1.56. The average Bonchev–Trinajstić information content (AvgIpc) is 3.34. The highest BCUT2D eigenvalue weighted by atomic mass is 127. The summed E-state index contributed by atoms with van der Waals surface area (Å²) in [5, 5.41) is 16.1. The Kier molecular flexibility index (Phi) is 8.15. The number of fused-ring (bicyclic) bond motifs is 1. The predicted octanol–water partition coefficient (Wildman–Crippen LogP) is 5.97. The van der Waals surface area contributed by atoms with Crippen LogP contribution in [0.5, 0.6) is 11.5 Å². The second-order valence-electron chi connectivity index (χ2n) is 9.41. The minimum absolute atomic E-state index is 0.0316. The molecule has 0 unspecified atom stereocenters. The maximum absolute atomic E-state index is 13.0. The van der Waals surface area contributed by atoms with Crippen LogP contribution in [0.2, 0.25) is 0 Å². The summed E-state index contributed by atoms with van der Waals surface area (Å²) in [6.45, 7) is 3.91. The fourth-order valence-electron chi connectivity index (χ4n) is 4.57. The van der Waals surface area contributed by atoms with Crippen molar-refractivity contribution in [1.29, 1.82) is 5.41 Å². The first-order valence-corrected chi connectivity index (χ1v) is 15.9. The first kappa shape index (κ1) is 27.8. The molecule has 0 aromatic heterocycles. The van der Waals surface area contributed by atoms with E-state index >= 15 is 0 Å². The topological polar surface area (TPSA) is 121 Å². The third kappa shape index (κ3) is 5.92. The van der Waals surface area contributed by atoms with E-state index in [2.05, 4.69) is 10.1 Å². The molecule has 1 N–H and O–H groups in total. The molecule has 12 heteroatoms. The lowest BCUT2D eigenvalue weighted by atomic mass is 9.90. The van der Waals surface area contributed by atoms with E-state index in [4.69, 9.17) is 14.3 Å². The molecule has 5 rings (SSSR count). The van der Waals surface area contributed by atoms with Crippen molar-refractivity contribution in [2.24, 2.45) is 16.0 Å². The van der Waals surface area contributed by atoms with Crippen LogP contribution in [-0.4, -0.2) is 42.0 Å². The number of halogens is 1. The van der Waals surface area contributed by atoms with Gasteiger partial charge in [0.2, 0.25) is 5.17 Å². The molecule has 39 heavy (non-hydrogen) atoms. The second-order valence-corrected chi connectivity index (χ2v) is 13.1. The Morgan fingerprint density at radius 1 is 1.18 bits per heavy atom. The number of aliphatic imine (C=N–C) groups is 1. The Hall–Kier alpha value is -2.71. The van der Waals surface area contributed by atoms with Crippen molar-refractivity contribution in [2.75, 3.05) is 6.61 Å². The molecule has 0 saturated heterocycles. The van der Waals surface area contributed by atoms with Gasteiger partial charge in [0.1, 0.15) is 9.94 Å². The number of carbonyl (C=O) groups is 1. The molecule has 0 atom stereocenters. The lowest BCUT2D eigenvalue weighted by molar-refractivity contribution is -0.114. The smallest absolute Gasteiger partial charge is 0.339 e. The van der Waals surface area contributed by atoms with E-state index in [0.29, 0.717) is 20.2 Å². The van der Waals surface area contributed by atoms with Crippen molar-refractivity contribution in [2.45, 2.75) is 50.8 Å². The zero-order valence-corrected chi connectivity index (χ0v) is 25.2. The number of benzene rings is 2.